The van der Waals surface area contributed by atoms with Gasteiger partial charge in [-0.3, -0.25) is 4.79 Å². The minimum atomic E-state index is -1.04. The molecule has 0 amide bonds. The predicted molar refractivity (Wildman–Crippen MR) is 87.1 cm³/mol. The maximum absolute atomic E-state index is 12.2. The molecule has 1 saturated heterocycles. The Balaban J connectivity index is 2.07. The van der Waals surface area contributed by atoms with E-state index in [2.05, 4.69) is 6.07 Å². The summed E-state index contributed by atoms with van der Waals surface area (Å²) in [5.41, 5.74) is 3.20. The molecule has 0 N–H and O–H groups in total. The highest BCUT2D eigenvalue weighted by Crippen LogP contribution is 2.45. The first kappa shape index (κ1) is 14.9. The first-order valence-electron chi connectivity index (χ1n) is 7.31. The summed E-state index contributed by atoms with van der Waals surface area (Å²) in [4.78, 5) is 13.2. The molecule has 1 fully saturated rings. The third-order valence-electron chi connectivity index (χ3n) is 4.69. The standard InChI is InChI=1S/C18H17ClN2O/c1-12(14-6-4-3-5-7-14)13(2)21-15-10-18(19,11-20)17(21)9-8-16(15)22/h3-9,15,17H,10H2,1-2H3. The topological polar surface area (TPSA) is 44.1 Å². The van der Waals surface area contributed by atoms with Gasteiger partial charge in [0, 0.05) is 12.1 Å². The van der Waals surface area contributed by atoms with Crippen LogP contribution in [0, 0.1) is 11.3 Å². The van der Waals surface area contributed by atoms with Crippen LogP contribution in [0.15, 0.2) is 48.2 Å². The number of fused-ring (bicyclic) bond motifs is 2. The lowest BCUT2D eigenvalue weighted by atomic mass is 10.00. The number of alkyl halides is 1. The molecule has 0 aliphatic carbocycles. The number of rotatable bonds is 2. The van der Waals surface area contributed by atoms with Crippen molar-refractivity contribution in [3.63, 3.8) is 0 Å². The molecule has 3 unspecified atom stereocenters. The average Bonchev–Trinajstić information content (AvgIpc) is 2.78. The van der Waals surface area contributed by atoms with Crippen LogP contribution in [0.2, 0.25) is 0 Å². The second-order valence-corrected chi connectivity index (χ2v) is 6.56. The SMILES string of the molecule is CC(=C(C)N1C2CC(Cl)(C#N)C1C=CC2=O)c1ccccc1. The smallest absolute Gasteiger partial charge is 0.177 e. The molecule has 2 aliphatic heterocycles. The first-order chi connectivity index (χ1) is 10.5. The van der Waals surface area contributed by atoms with E-state index in [1.54, 1.807) is 12.2 Å². The Hall–Kier alpha value is -2.05. The van der Waals surface area contributed by atoms with Crippen LogP contribution >= 0.6 is 11.6 Å². The van der Waals surface area contributed by atoms with Crippen LogP contribution in [0.25, 0.3) is 5.57 Å². The Kier molecular flexibility index (Phi) is 3.58. The van der Waals surface area contributed by atoms with Gasteiger partial charge in [-0.2, -0.15) is 5.26 Å². The van der Waals surface area contributed by atoms with Gasteiger partial charge in [0.1, 0.15) is 0 Å². The number of carbonyl (C=O) groups excluding carboxylic acids is 1. The van der Waals surface area contributed by atoms with Gasteiger partial charge >= 0.3 is 0 Å². The highest BCUT2D eigenvalue weighted by Gasteiger charge is 2.54. The largest absolute Gasteiger partial charge is 0.355 e. The summed E-state index contributed by atoms with van der Waals surface area (Å²) in [6.45, 7) is 4.03. The number of halogens is 1. The van der Waals surface area contributed by atoms with Crippen molar-refractivity contribution in [3.8, 4) is 6.07 Å². The van der Waals surface area contributed by atoms with E-state index in [4.69, 9.17) is 11.6 Å². The number of nitriles is 1. The molecule has 0 saturated carbocycles. The van der Waals surface area contributed by atoms with Crippen LogP contribution in [0.4, 0.5) is 0 Å². The molecule has 0 spiro atoms. The highest BCUT2D eigenvalue weighted by molar-refractivity contribution is 6.27. The van der Waals surface area contributed by atoms with Crippen molar-refractivity contribution < 1.29 is 4.79 Å². The van der Waals surface area contributed by atoms with Crippen molar-refractivity contribution in [2.24, 2.45) is 0 Å². The molecule has 2 bridgehead atoms. The van der Waals surface area contributed by atoms with Gasteiger partial charge in [-0.05, 0) is 31.1 Å². The fourth-order valence-electron chi connectivity index (χ4n) is 3.34. The minimum Gasteiger partial charge on any atom is -0.355 e. The molecule has 0 aromatic heterocycles. The average molecular weight is 313 g/mol. The van der Waals surface area contributed by atoms with Crippen molar-refractivity contribution in [2.75, 3.05) is 0 Å². The third kappa shape index (κ3) is 2.15. The third-order valence-corrected chi connectivity index (χ3v) is 5.15. The van der Waals surface area contributed by atoms with E-state index in [1.165, 1.54) is 0 Å². The van der Waals surface area contributed by atoms with Gasteiger partial charge in [-0.25, -0.2) is 0 Å². The zero-order chi connectivity index (χ0) is 15.9. The van der Waals surface area contributed by atoms with Gasteiger partial charge in [0.05, 0.1) is 18.2 Å². The maximum atomic E-state index is 12.2. The summed E-state index contributed by atoms with van der Waals surface area (Å²) in [6.07, 6.45) is 3.70. The van der Waals surface area contributed by atoms with Crippen molar-refractivity contribution in [1.82, 2.24) is 4.90 Å². The van der Waals surface area contributed by atoms with Crippen LogP contribution < -0.4 is 0 Å². The van der Waals surface area contributed by atoms with Crippen LogP contribution in [-0.2, 0) is 4.79 Å². The molecule has 22 heavy (non-hydrogen) atoms. The molecule has 1 aromatic carbocycles. The number of nitrogens with zero attached hydrogens (tertiary/aromatic N) is 2. The van der Waals surface area contributed by atoms with Gasteiger partial charge in [-0.15, -0.1) is 0 Å². The molecule has 3 atom stereocenters. The van der Waals surface area contributed by atoms with E-state index in [0.717, 1.165) is 16.8 Å². The molecule has 1 aromatic rings. The van der Waals surface area contributed by atoms with Crippen molar-refractivity contribution in [1.29, 1.82) is 5.26 Å². The Labute approximate surface area is 135 Å². The van der Waals surface area contributed by atoms with Gasteiger partial charge in [0.15, 0.2) is 10.7 Å². The summed E-state index contributed by atoms with van der Waals surface area (Å²) in [7, 11) is 0. The Morgan fingerprint density at radius 3 is 2.68 bits per heavy atom. The predicted octanol–water partition coefficient (Wildman–Crippen LogP) is 3.52. The number of carbonyl (C=O) groups is 1. The van der Waals surface area contributed by atoms with E-state index in [9.17, 15) is 10.1 Å². The molecule has 112 valence electrons. The molecule has 4 heteroatoms. The summed E-state index contributed by atoms with van der Waals surface area (Å²) >= 11 is 6.48. The minimum absolute atomic E-state index is 0.0224. The zero-order valence-corrected chi connectivity index (χ0v) is 13.3. The Morgan fingerprint density at radius 2 is 2.05 bits per heavy atom. The Bertz CT molecular complexity index is 716. The van der Waals surface area contributed by atoms with Gasteiger partial charge < -0.3 is 4.90 Å². The van der Waals surface area contributed by atoms with Gasteiger partial charge in [0.25, 0.3) is 0 Å². The van der Waals surface area contributed by atoms with Gasteiger partial charge in [0.2, 0.25) is 0 Å². The number of benzene rings is 1. The lowest BCUT2D eigenvalue weighted by Gasteiger charge is -2.35. The second-order valence-electron chi connectivity index (χ2n) is 5.88. The monoisotopic (exact) mass is 312 g/mol. The van der Waals surface area contributed by atoms with E-state index in [1.807, 2.05) is 49.1 Å². The fraction of sp³-hybridized carbons (Fsp3) is 0.333. The molecule has 0 radical (unpaired) electrons. The Morgan fingerprint density at radius 1 is 1.36 bits per heavy atom. The molecular formula is C18H17ClN2O. The van der Waals surface area contributed by atoms with E-state index in [0.29, 0.717) is 6.42 Å². The molecule has 3 nitrogen and oxygen atoms in total. The van der Waals surface area contributed by atoms with Crippen LogP contribution in [0.5, 0.6) is 0 Å². The number of hydrogen-bond donors (Lipinski definition) is 0. The molecular weight excluding hydrogens is 296 g/mol. The van der Waals surface area contributed by atoms with Crippen LogP contribution in [0.1, 0.15) is 25.8 Å². The van der Waals surface area contributed by atoms with E-state index >= 15 is 0 Å². The van der Waals surface area contributed by atoms with Gasteiger partial charge in [-0.1, -0.05) is 48.0 Å². The lowest BCUT2D eigenvalue weighted by molar-refractivity contribution is -0.118. The van der Waals surface area contributed by atoms with Crippen molar-refractivity contribution in [3.05, 3.63) is 53.7 Å². The normalized spacial score (nSPS) is 31.0. The first-order valence-corrected chi connectivity index (χ1v) is 7.69. The van der Waals surface area contributed by atoms with E-state index in [-0.39, 0.29) is 17.9 Å². The van der Waals surface area contributed by atoms with Crippen LogP contribution in [-0.4, -0.2) is 27.6 Å². The quantitative estimate of drug-likeness (QED) is 0.785. The second kappa shape index (κ2) is 5.30. The zero-order valence-electron chi connectivity index (χ0n) is 12.6. The summed E-state index contributed by atoms with van der Waals surface area (Å²) < 4.78 is 0. The summed E-state index contributed by atoms with van der Waals surface area (Å²) in [5.74, 6) is 0.0224. The summed E-state index contributed by atoms with van der Waals surface area (Å²) in [6, 6.07) is 11.6. The number of hydrogen-bond acceptors (Lipinski definition) is 3. The van der Waals surface area contributed by atoms with E-state index < -0.39 is 4.87 Å². The number of ketones is 1. The highest BCUT2D eigenvalue weighted by atomic mass is 35.5. The van der Waals surface area contributed by atoms with Crippen molar-refractivity contribution in [2.45, 2.75) is 37.2 Å². The summed E-state index contributed by atoms with van der Waals surface area (Å²) in [5, 5.41) is 9.44. The van der Waals surface area contributed by atoms with Crippen LogP contribution in [0.3, 0.4) is 0 Å². The number of allylic oxidation sites excluding steroid dienone is 2. The maximum Gasteiger partial charge on any atom is 0.177 e. The molecule has 2 aliphatic rings. The molecule has 2 heterocycles. The molecule has 3 rings (SSSR count). The van der Waals surface area contributed by atoms with Crippen molar-refractivity contribution >= 4 is 23.0 Å². The lowest BCUT2D eigenvalue weighted by Crippen LogP contribution is -2.44. The fourth-order valence-corrected chi connectivity index (χ4v) is 3.66.